The van der Waals surface area contributed by atoms with E-state index in [2.05, 4.69) is 6.58 Å². The van der Waals surface area contributed by atoms with Gasteiger partial charge in [-0.15, -0.1) is 6.58 Å². The van der Waals surface area contributed by atoms with Crippen LogP contribution in [0, 0.1) is 0 Å². The Bertz CT molecular complexity index is 399. The van der Waals surface area contributed by atoms with Crippen molar-refractivity contribution in [3.63, 3.8) is 0 Å². The molecule has 0 bridgehead atoms. The third-order valence-electron chi connectivity index (χ3n) is 2.40. The molecule has 90 valence electrons. The molecule has 0 aliphatic heterocycles. The molecule has 17 heavy (non-hydrogen) atoms. The Morgan fingerprint density at radius 3 is 2.65 bits per heavy atom. The summed E-state index contributed by atoms with van der Waals surface area (Å²) in [4.78, 5) is 0. The molecule has 0 aliphatic rings. The third-order valence-corrected chi connectivity index (χ3v) is 2.40. The van der Waals surface area contributed by atoms with Crippen LogP contribution < -0.4 is 0 Å². The summed E-state index contributed by atoms with van der Waals surface area (Å²) in [6, 6.07) is 9.94. The number of allylic oxidation sites excluding steroid dienone is 4. The Morgan fingerprint density at radius 1 is 1.29 bits per heavy atom. The minimum Gasteiger partial charge on any atom is -0.212 e. The predicted octanol–water partition coefficient (Wildman–Crippen LogP) is 5.30. The van der Waals surface area contributed by atoms with Crippen molar-refractivity contribution in [2.24, 2.45) is 0 Å². The first-order chi connectivity index (χ1) is 8.22. The SMILES string of the molecule is C=CCCC/C(F)=C/C(C)=C/c1ccccc1. The summed E-state index contributed by atoms with van der Waals surface area (Å²) in [5.74, 6) is -0.0588. The number of unbranched alkanes of at least 4 members (excludes halogenated alkanes) is 1. The largest absolute Gasteiger partial charge is 0.212 e. The first kappa shape index (κ1) is 13.4. The zero-order valence-corrected chi connectivity index (χ0v) is 10.3. The van der Waals surface area contributed by atoms with E-state index in [0.29, 0.717) is 6.42 Å². The number of hydrogen-bond acceptors (Lipinski definition) is 0. The topological polar surface area (TPSA) is 0 Å². The van der Waals surface area contributed by atoms with Crippen molar-refractivity contribution in [2.75, 3.05) is 0 Å². The van der Waals surface area contributed by atoms with Gasteiger partial charge in [0.25, 0.3) is 0 Å². The van der Waals surface area contributed by atoms with Crippen LogP contribution in [0.1, 0.15) is 31.7 Å². The van der Waals surface area contributed by atoms with Gasteiger partial charge in [-0.25, -0.2) is 4.39 Å². The minimum atomic E-state index is -0.0588. The number of rotatable bonds is 6. The third kappa shape index (κ3) is 5.86. The van der Waals surface area contributed by atoms with Crippen molar-refractivity contribution >= 4 is 6.08 Å². The Morgan fingerprint density at radius 2 is 2.00 bits per heavy atom. The van der Waals surface area contributed by atoms with Gasteiger partial charge in [0.2, 0.25) is 0 Å². The molecular formula is C16H19F. The first-order valence-electron chi connectivity index (χ1n) is 5.92. The molecule has 1 rings (SSSR count). The lowest BCUT2D eigenvalue weighted by Gasteiger charge is -1.98. The Labute approximate surface area is 103 Å². The monoisotopic (exact) mass is 230 g/mol. The molecule has 1 heteroatoms. The molecule has 0 radical (unpaired) electrons. The molecule has 0 atom stereocenters. The van der Waals surface area contributed by atoms with Crippen LogP contribution >= 0.6 is 0 Å². The molecule has 0 amide bonds. The molecule has 0 saturated carbocycles. The molecule has 0 heterocycles. The molecule has 0 N–H and O–H groups in total. The first-order valence-corrected chi connectivity index (χ1v) is 5.92. The van der Waals surface area contributed by atoms with Crippen LogP contribution in [-0.4, -0.2) is 0 Å². The lowest BCUT2D eigenvalue weighted by molar-refractivity contribution is 0.575. The van der Waals surface area contributed by atoms with Crippen molar-refractivity contribution < 1.29 is 4.39 Å². The smallest absolute Gasteiger partial charge is 0.100 e. The van der Waals surface area contributed by atoms with E-state index in [4.69, 9.17) is 0 Å². The standard InChI is InChI=1S/C16H19F/c1-3-4-6-11-16(17)13-14(2)12-15-9-7-5-8-10-15/h3,5,7-10,12-13H,1,4,6,11H2,2H3/b14-12+,16-13-. The molecule has 0 fully saturated rings. The van der Waals surface area contributed by atoms with E-state index >= 15 is 0 Å². The molecule has 0 nitrogen and oxygen atoms in total. The van der Waals surface area contributed by atoms with E-state index < -0.39 is 0 Å². The van der Waals surface area contributed by atoms with Crippen LogP contribution in [-0.2, 0) is 0 Å². The van der Waals surface area contributed by atoms with Crippen molar-refractivity contribution in [1.29, 1.82) is 0 Å². The summed E-state index contributed by atoms with van der Waals surface area (Å²) in [5, 5.41) is 0. The summed E-state index contributed by atoms with van der Waals surface area (Å²) in [7, 11) is 0. The fourth-order valence-corrected chi connectivity index (χ4v) is 1.59. The van der Waals surface area contributed by atoms with Gasteiger partial charge in [-0.3, -0.25) is 0 Å². The number of hydrogen-bond donors (Lipinski definition) is 0. The van der Waals surface area contributed by atoms with E-state index in [0.717, 1.165) is 24.0 Å². The minimum absolute atomic E-state index is 0.0588. The summed E-state index contributed by atoms with van der Waals surface area (Å²) >= 11 is 0. The normalized spacial score (nSPS) is 12.6. The fraction of sp³-hybridized carbons (Fsp3) is 0.250. The van der Waals surface area contributed by atoms with E-state index in [9.17, 15) is 4.39 Å². The quantitative estimate of drug-likeness (QED) is 0.353. The van der Waals surface area contributed by atoms with E-state index in [1.165, 1.54) is 0 Å². The van der Waals surface area contributed by atoms with Gasteiger partial charge in [-0.1, -0.05) is 42.5 Å². The highest BCUT2D eigenvalue weighted by atomic mass is 19.1. The van der Waals surface area contributed by atoms with Gasteiger partial charge in [0, 0.05) is 0 Å². The van der Waals surface area contributed by atoms with Crippen LogP contribution in [0.15, 0.2) is 60.5 Å². The van der Waals surface area contributed by atoms with E-state index in [-0.39, 0.29) is 5.83 Å². The Balaban J connectivity index is 2.58. The Kier molecular flexibility index (Phi) is 6.02. The molecule has 1 aromatic carbocycles. The van der Waals surface area contributed by atoms with Crippen molar-refractivity contribution in [2.45, 2.75) is 26.2 Å². The van der Waals surface area contributed by atoms with Gasteiger partial charge in [-0.2, -0.15) is 0 Å². The van der Waals surface area contributed by atoms with Gasteiger partial charge >= 0.3 is 0 Å². The van der Waals surface area contributed by atoms with E-state index in [1.807, 2.05) is 49.4 Å². The molecule has 0 aliphatic carbocycles. The van der Waals surface area contributed by atoms with Crippen LogP contribution in [0.5, 0.6) is 0 Å². The average Bonchev–Trinajstić information content (AvgIpc) is 2.30. The van der Waals surface area contributed by atoms with Gasteiger partial charge in [0.15, 0.2) is 0 Å². The number of benzene rings is 1. The van der Waals surface area contributed by atoms with Crippen LogP contribution in [0.2, 0.25) is 0 Å². The summed E-state index contributed by atoms with van der Waals surface area (Å²) in [5.41, 5.74) is 2.03. The lowest BCUT2D eigenvalue weighted by atomic mass is 10.1. The van der Waals surface area contributed by atoms with E-state index in [1.54, 1.807) is 6.08 Å². The molecule has 0 unspecified atom stereocenters. The maximum absolute atomic E-state index is 13.5. The highest BCUT2D eigenvalue weighted by Crippen LogP contribution is 2.14. The van der Waals surface area contributed by atoms with Crippen LogP contribution in [0.25, 0.3) is 6.08 Å². The molecule has 1 aromatic rings. The van der Waals surface area contributed by atoms with Crippen LogP contribution in [0.3, 0.4) is 0 Å². The second-order valence-electron chi connectivity index (χ2n) is 4.07. The van der Waals surface area contributed by atoms with Crippen LogP contribution in [0.4, 0.5) is 4.39 Å². The highest BCUT2D eigenvalue weighted by molar-refractivity contribution is 5.55. The maximum atomic E-state index is 13.5. The van der Waals surface area contributed by atoms with Gasteiger partial charge in [-0.05, 0) is 43.4 Å². The molecular weight excluding hydrogens is 211 g/mol. The van der Waals surface area contributed by atoms with Crippen molar-refractivity contribution in [3.05, 3.63) is 66.0 Å². The lowest BCUT2D eigenvalue weighted by Crippen LogP contribution is -1.79. The number of halogens is 1. The molecule has 0 aromatic heterocycles. The van der Waals surface area contributed by atoms with Gasteiger partial charge in [0.1, 0.15) is 5.83 Å². The average molecular weight is 230 g/mol. The van der Waals surface area contributed by atoms with Gasteiger partial charge < -0.3 is 0 Å². The highest BCUT2D eigenvalue weighted by Gasteiger charge is 1.95. The zero-order chi connectivity index (χ0) is 12.5. The van der Waals surface area contributed by atoms with Crippen molar-refractivity contribution in [3.8, 4) is 0 Å². The maximum Gasteiger partial charge on any atom is 0.100 e. The zero-order valence-electron chi connectivity index (χ0n) is 10.3. The second kappa shape index (κ2) is 7.61. The fourth-order valence-electron chi connectivity index (χ4n) is 1.59. The van der Waals surface area contributed by atoms with Crippen molar-refractivity contribution in [1.82, 2.24) is 0 Å². The predicted molar refractivity (Wildman–Crippen MR) is 73.3 cm³/mol. The summed E-state index contributed by atoms with van der Waals surface area (Å²) < 4.78 is 13.5. The summed E-state index contributed by atoms with van der Waals surface area (Å²) in [6.07, 6.45) is 7.59. The second-order valence-corrected chi connectivity index (χ2v) is 4.07. The van der Waals surface area contributed by atoms with Gasteiger partial charge in [0.05, 0.1) is 0 Å². The molecule has 0 saturated heterocycles. The summed E-state index contributed by atoms with van der Waals surface area (Å²) in [6.45, 7) is 5.54. The molecule has 0 spiro atoms. The Hall–Kier alpha value is -1.63.